The number of benzene rings is 1. The van der Waals surface area contributed by atoms with Crippen LogP contribution in [0.4, 0.5) is 0 Å². The Balaban J connectivity index is 3.08. The van der Waals surface area contributed by atoms with E-state index in [1.54, 1.807) is 0 Å². The summed E-state index contributed by atoms with van der Waals surface area (Å²) in [5.41, 5.74) is 2.75. The third kappa shape index (κ3) is 2.63. The van der Waals surface area contributed by atoms with E-state index >= 15 is 0 Å². The van der Waals surface area contributed by atoms with Crippen LogP contribution < -0.4 is 5.32 Å². The molecule has 1 aromatic carbocycles. The summed E-state index contributed by atoms with van der Waals surface area (Å²) >= 11 is 0. The first-order valence-corrected chi connectivity index (χ1v) is 5.81. The van der Waals surface area contributed by atoms with Gasteiger partial charge in [0.25, 0.3) is 0 Å². The van der Waals surface area contributed by atoms with Crippen molar-refractivity contribution in [2.24, 2.45) is 0 Å². The molecule has 0 aliphatic carbocycles. The molecule has 1 rings (SSSR count). The zero-order valence-electron chi connectivity index (χ0n) is 11.3. The minimum atomic E-state index is 0.0859. The van der Waals surface area contributed by atoms with Gasteiger partial charge in [-0.25, -0.2) is 0 Å². The fourth-order valence-electron chi connectivity index (χ4n) is 2.04. The first-order chi connectivity index (χ1) is 7.39. The Morgan fingerprint density at radius 1 is 1.25 bits per heavy atom. The van der Waals surface area contributed by atoms with Crippen LogP contribution in [0.3, 0.4) is 0 Å². The average molecular weight is 220 g/mol. The molecule has 0 saturated carbocycles. The Bertz CT molecular complexity index is 342. The maximum Gasteiger partial charge on any atom is 0.0499 e. The molecule has 0 saturated heterocycles. The second kappa shape index (κ2) is 4.98. The van der Waals surface area contributed by atoms with Crippen molar-refractivity contribution in [3.05, 3.63) is 35.4 Å². The SMILES string of the molecule is CNC(c1cccc(C)c1)C(C)(C)N(C)C. The smallest absolute Gasteiger partial charge is 0.0499 e. The maximum absolute atomic E-state index is 3.43. The minimum Gasteiger partial charge on any atom is -0.311 e. The molecule has 0 amide bonds. The zero-order chi connectivity index (χ0) is 12.3. The van der Waals surface area contributed by atoms with Crippen molar-refractivity contribution >= 4 is 0 Å². The van der Waals surface area contributed by atoms with Crippen molar-refractivity contribution in [3.8, 4) is 0 Å². The Hall–Kier alpha value is -0.860. The third-order valence-electron chi connectivity index (χ3n) is 3.52. The van der Waals surface area contributed by atoms with Crippen LogP contribution in [-0.4, -0.2) is 31.6 Å². The van der Waals surface area contributed by atoms with Gasteiger partial charge in [0.05, 0.1) is 0 Å². The van der Waals surface area contributed by atoms with E-state index in [4.69, 9.17) is 0 Å². The Kier molecular flexibility index (Phi) is 4.11. The van der Waals surface area contributed by atoms with E-state index in [1.807, 2.05) is 7.05 Å². The molecule has 0 aliphatic heterocycles. The minimum absolute atomic E-state index is 0.0859. The molecule has 90 valence electrons. The number of hydrogen-bond acceptors (Lipinski definition) is 2. The molecule has 1 atom stereocenters. The Labute approximate surface area is 99.7 Å². The molecule has 2 nitrogen and oxygen atoms in total. The van der Waals surface area contributed by atoms with Gasteiger partial charge in [-0.15, -0.1) is 0 Å². The highest BCUT2D eigenvalue weighted by Gasteiger charge is 2.31. The van der Waals surface area contributed by atoms with Gasteiger partial charge in [0, 0.05) is 11.6 Å². The predicted molar refractivity (Wildman–Crippen MR) is 70.7 cm³/mol. The van der Waals surface area contributed by atoms with E-state index in [1.165, 1.54) is 11.1 Å². The van der Waals surface area contributed by atoms with Crippen molar-refractivity contribution in [3.63, 3.8) is 0 Å². The summed E-state index contributed by atoms with van der Waals surface area (Å²) in [6, 6.07) is 9.05. The van der Waals surface area contributed by atoms with Crippen molar-refractivity contribution in [2.45, 2.75) is 32.4 Å². The van der Waals surface area contributed by atoms with Gasteiger partial charge < -0.3 is 10.2 Å². The fourth-order valence-corrected chi connectivity index (χ4v) is 2.04. The van der Waals surface area contributed by atoms with Crippen molar-refractivity contribution in [2.75, 3.05) is 21.1 Å². The highest BCUT2D eigenvalue weighted by molar-refractivity contribution is 5.27. The lowest BCUT2D eigenvalue weighted by Crippen LogP contribution is -2.48. The van der Waals surface area contributed by atoms with Crippen LogP contribution in [0.15, 0.2) is 24.3 Å². The van der Waals surface area contributed by atoms with Crippen molar-refractivity contribution in [1.29, 1.82) is 0 Å². The van der Waals surface area contributed by atoms with Crippen LogP contribution in [0.2, 0.25) is 0 Å². The highest BCUT2D eigenvalue weighted by Crippen LogP contribution is 2.29. The van der Waals surface area contributed by atoms with Gasteiger partial charge in [0.15, 0.2) is 0 Å². The molecule has 0 aliphatic rings. The highest BCUT2D eigenvalue weighted by atomic mass is 15.2. The molecule has 0 aromatic heterocycles. The summed E-state index contributed by atoms with van der Waals surface area (Å²) in [4.78, 5) is 2.26. The first-order valence-electron chi connectivity index (χ1n) is 5.81. The van der Waals surface area contributed by atoms with Crippen LogP contribution in [0.25, 0.3) is 0 Å². The van der Waals surface area contributed by atoms with Gasteiger partial charge in [-0.2, -0.15) is 0 Å². The number of hydrogen-bond donors (Lipinski definition) is 1. The van der Waals surface area contributed by atoms with Gasteiger partial charge in [-0.05, 0) is 47.5 Å². The molecule has 0 heterocycles. The molecule has 1 aromatic rings. The van der Waals surface area contributed by atoms with E-state index in [0.717, 1.165) is 0 Å². The first kappa shape index (κ1) is 13.2. The molecular formula is C14H24N2. The molecular weight excluding hydrogens is 196 g/mol. The van der Waals surface area contributed by atoms with E-state index in [9.17, 15) is 0 Å². The molecule has 16 heavy (non-hydrogen) atoms. The normalized spacial score (nSPS) is 14.2. The Morgan fingerprint density at radius 2 is 1.88 bits per heavy atom. The van der Waals surface area contributed by atoms with Crippen LogP contribution in [0.5, 0.6) is 0 Å². The summed E-state index contributed by atoms with van der Waals surface area (Å²) in [6.45, 7) is 6.66. The van der Waals surface area contributed by atoms with Gasteiger partial charge in [-0.1, -0.05) is 29.8 Å². The average Bonchev–Trinajstić information content (AvgIpc) is 2.18. The monoisotopic (exact) mass is 220 g/mol. The summed E-state index contributed by atoms with van der Waals surface area (Å²) in [7, 11) is 6.28. The topological polar surface area (TPSA) is 15.3 Å². The van der Waals surface area contributed by atoms with E-state index in [2.05, 4.69) is 69.3 Å². The lowest BCUT2D eigenvalue weighted by molar-refractivity contribution is 0.142. The predicted octanol–water partition coefficient (Wildman–Crippen LogP) is 2.60. The summed E-state index contributed by atoms with van der Waals surface area (Å²) < 4.78 is 0. The summed E-state index contributed by atoms with van der Waals surface area (Å²) in [6.07, 6.45) is 0. The molecule has 0 radical (unpaired) electrons. The number of aryl methyl sites for hydroxylation is 1. The standard InChI is InChI=1S/C14H24N2/c1-11-8-7-9-12(10-11)13(15-4)14(2,3)16(5)6/h7-10,13,15H,1-6H3. The van der Waals surface area contributed by atoms with Gasteiger partial charge in [0.1, 0.15) is 0 Å². The van der Waals surface area contributed by atoms with Crippen LogP contribution in [0.1, 0.15) is 31.0 Å². The summed E-state index contributed by atoms with van der Waals surface area (Å²) in [5.74, 6) is 0. The van der Waals surface area contributed by atoms with Crippen molar-refractivity contribution < 1.29 is 0 Å². The quantitative estimate of drug-likeness (QED) is 0.839. The number of rotatable bonds is 4. The van der Waals surface area contributed by atoms with Crippen LogP contribution in [0, 0.1) is 6.92 Å². The number of likely N-dealkylation sites (N-methyl/N-ethyl adjacent to an activating group) is 2. The third-order valence-corrected chi connectivity index (χ3v) is 3.52. The molecule has 2 heteroatoms. The number of nitrogens with zero attached hydrogens (tertiary/aromatic N) is 1. The van der Waals surface area contributed by atoms with Gasteiger partial charge in [-0.3, -0.25) is 0 Å². The Morgan fingerprint density at radius 3 is 2.31 bits per heavy atom. The van der Waals surface area contributed by atoms with E-state index in [0.29, 0.717) is 6.04 Å². The lowest BCUT2D eigenvalue weighted by atomic mass is 9.87. The molecule has 1 N–H and O–H groups in total. The van der Waals surface area contributed by atoms with E-state index in [-0.39, 0.29) is 5.54 Å². The van der Waals surface area contributed by atoms with Gasteiger partial charge >= 0.3 is 0 Å². The molecule has 0 spiro atoms. The van der Waals surface area contributed by atoms with E-state index < -0.39 is 0 Å². The number of nitrogens with one attached hydrogen (secondary N) is 1. The second-order valence-electron chi connectivity index (χ2n) is 5.18. The van der Waals surface area contributed by atoms with Crippen molar-refractivity contribution in [1.82, 2.24) is 10.2 Å². The van der Waals surface area contributed by atoms with Crippen LogP contribution >= 0.6 is 0 Å². The zero-order valence-corrected chi connectivity index (χ0v) is 11.3. The fraction of sp³-hybridized carbons (Fsp3) is 0.571. The molecule has 0 fully saturated rings. The summed E-state index contributed by atoms with van der Waals surface area (Å²) in [5, 5.41) is 3.43. The lowest BCUT2D eigenvalue weighted by Gasteiger charge is -2.40. The molecule has 0 bridgehead atoms. The second-order valence-corrected chi connectivity index (χ2v) is 5.18. The van der Waals surface area contributed by atoms with Gasteiger partial charge in [0.2, 0.25) is 0 Å². The largest absolute Gasteiger partial charge is 0.311 e. The maximum atomic E-state index is 3.43. The molecule has 1 unspecified atom stereocenters. The van der Waals surface area contributed by atoms with Crippen LogP contribution in [-0.2, 0) is 0 Å².